The van der Waals surface area contributed by atoms with E-state index in [1.807, 2.05) is 18.2 Å². The summed E-state index contributed by atoms with van der Waals surface area (Å²) in [5.41, 5.74) is 10.3. The van der Waals surface area contributed by atoms with Crippen molar-refractivity contribution in [2.45, 2.75) is 58.4 Å². The van der Waals surface area contributed by atoms with Crippen LogP contribution >= 0.6 is 0 Å². The molecule has 0 saturated heterocycles. The van der Waals surface area contributed by atoms with Crippen LogP contribution in [0, 0.1) is 10.8 Å². The van der Waals surface area contributed by atoms with Crippen molar-refractivity contribution in [1.82, 2.24) is 19.7 Å². The summed E-state index contributed by atoms with van der Waals surface area (Å²) in [6, 6.07) is 7.36. The van der Waals surface area contributed by atoms with E-state index in [1.54, 1.807) is 26.4 Å². The molecule has 0 amide bonds. The molecule has 0 bridgehead atoms. The van der Waals surface area contributed by atoms with Gasteiger partial charge >= 0.3 is 0 Å². The van der Waals surface area contributed by atoms with Gasteiger partial charge in [0.25, 0.3) is 0 Å². The predicted molar refractivity (Wildman–Crippen MR) is 155 cm³/mol. The van der Waals surface area contributed by atoms with Gasteiger partial charge < -0.3 is 20.5 Å². The Bertz CT molecular complexity index is 1520. The van der Waals surface area contributed by atoms with Crippen LogP contribution in [0.4, 0.5) is 11.6 Å². The number of sulfonamides is 1. The third kappa shape index (κ3) is 5.91. The topological polar surface area (TPSA) is 144 Å². The summed E-state index contributed by atoms with van der Waals surface area (Å²) < 4.78 is 34.8. The molecule has 0 saturated carbocycles. The maximum atomic E-state index is 13.1. The molecule has 1 aliphatic carbocycles. The van der Waals surface area contributed by atoms with Gasteiger partial charge in [0.1, 0.15) is 35.2 Å². The number of aryl methyl sites for hydroxylation is 1. The zero-order chi connectivity index (χ0) is 28.7. The van der Waals surface area contributed by atoms with Gasteiger partial charge in [-0.25, -0.2) is 28.1 Å². The summed E-state index contributed by atoms with van der Waals surface area (Å²) in [6.45, 7) is 9.83. The van der Waals surface area contributed by atoms with Gasteiger partial charge in [0, 0.05) is 53.7 Å². The van der Waals surface area contributed by atoms with Crippen molar-refractivity contribution in [3.8, 4) is 16.9 Å². The van der Waals surface area contributed by atoms with E-state index in [2.05, 4.69) is 33.4 Å². The Balaban J connectivity index is 1.45. The standard InChI is InChI=1S/C29H38N6O4S/c1-28(2)8-7-23-22(13-28)27(33-18-32-23)35-9-10-39-24-6-5-19(11-21(24)15-35)20-12-25(26(30)31-14-20)40(37,38)34-16-29(3,4)17-36/h5-6,11-12,14,18,34,36H,7-10,13,15-17H2,1-4H3,(H2,30,31). The second kappa shape index (κ2) is 10.6. The molecular weight excluding hydrogens is 528 g/mol. The number of pyridine rings is 1. The second-order valence-electron chi connectivity index (χ2n) is 12.3. The minimum Gasteiger partial charge on any atom is -0.491 e. The predicted octanol–water partition coefficient (Wildman–Crippen LogP) is 3.33. The maximum Gasteiger partial charge on any atom is 0.244 e. The average Bonchev–Trinajstić information content (AvgIpc) is 3.13. The third-order valence-corrected chi connectivity index (χ3v) is 9.15. The molecule has 3 aromatic rings. The third-order valence-electron chi connectivity index (χ3n) is 7.72. The van der Waals surface area contributed by atoms with Gasteiger partial charge in [0.15, 0.2) is 0 Å². The maximum absolute atomic E-state index is 13.1. The number of aromatic nitrogens is 3. The number of ether oxygens (including phenoxy) is 1. The molecule has 1 aromatic carbocycles. The van der Waals surface area contributed by atoms with Crippen LogP contribution in [-0.2, 0) is 29.4 Å². The Hall–Kier alpha value is -3.28. The van der Waals surface area contributed by atoms with E-state index in [9.17, 15) is 13.5 Å². The molecule has 40 heavy (non-hydrogen) atoms. The van der Waals surface area contributed by atoms with Crippen LogP contribution < -0.4 is 20.1 Å². The molecule has 0 unspecified atom stereocenters. The van der Waals surface area contributed by atoms with Gasteiger partial charge in [-0.15, -0.1) is 0 Å². The Morgan fingerprint density at radius 2 is 1.98 bits per heavy atom. The number of hydrogen-bond acceptors (Lipinski definition) is 9. The van der Waals surface area contributed by atoms with Crippen LogP contribution in [0.15, 0.2) is 41.7 Å². The molecule has 4 N–H and O–H groups in total. The number of nitrogens with one attached hydrogen (secondary N) is 1. The van der Waals surface area contributed by atoms with E-state index in [-0.39, 0.29) is 29.3 Å². The molecule has 1 aliphatic heterocycles. The van der Waals surface area contributed by atoms with E-state index < -0.39 is 15.4 Å². The highest BCUT2D eigenvalue weighted by molar-refractivity contribution is 7.89. The fourth-order valence-electron chi connectivity index (χ4n) is 5.14. The highest BCUT2D eigenvalue weighted by Gasteiger charge is 2.31. The Labute approximate surface area is 236 Å². The van der Waals surface area contributed by atoms with Crippen LogP contribution in [0.5, 0.6) is 5.75 Å². The lowest BCUT2D eigenvalue weighted by Gasteiger charge is -2.33. The summed E-state index contributed by atoms with van der Waals surface area (Å²) >= 11 is 0. The van der Waals surface area contributed by atoms with Crippen molar-refractivity contribution in [2.24, 2.45) is 10.8 Å². The summed E-state index contributed by atoms with van der Waals surface area (Å²) in [4.78, 5) is 15.6. The first-order valence-electron chi connectivity index (χ1n) is 13.6. The highest BCUT2D eigenvalue weighted by atomic mass is 32.2. The van der Waals surface area contributed by atoms with Gasteiger partial charge in [0.05, 0.1) is 6.54 Å². The lowest BCUT2D eigenvalue weighted by molar-refractivity contribution is 0.163. The van der Waals surface area contributed by atoms with Gasteiger partial charge in [-0.1, -0.05) is 33.8 Å². The number of rotatable bonds is 7. The quantitative estimate of drug-likeness (QED) is 0.392. The van der Waals surface area contributed by atoms with Gasteiger partial charge in [-0.2, -0.15) is 0 Å². The van der Waals surface area contributed by atoms with Crippen LogP contribution in [0.1, 0.15) is 50.9 Å². The van der Waals surface area contributed by atoms with E-state index in [0.717, 1.165) is 47.7 Å². The second-order valence-corrected chi connectivity index (χ2v) is 14.0. The Kier molecular flexibility index (Phi) is 7.49. The summed E-state index contributed by atoms with van der Waals surface area (Å²) in [5.74, 6) is 1.66. The zero-order valence-electron chi connectivity index (χ0n) is 23.6. The molecule has 3 heterocycles. The van der Waals surface area contributed by atoms with Crippen molar-refractivity contribution in [3.63, 3.8) is 0 Å². The minimum atomic E-state index is -3.95. The number of nitrogen functional groups attached to an aromatic ring is 1. The molecular formula is C29H38N6O4S. The van der Waals surface area contributed by atoms with E-state index in [0.29, 0.717) is 25.3 Å². The molecule has 5 rings (SSSR count). The van der Waals surface area contributed by atoms with Crippen LogP contribution in [0.25, 0.3) is 11.1 Å². The molecule has 10 nitrogen and oxygen atoms in total. The number of aliphatic hydroxyl groups is 1. The first-order valence-corrected chi connectivity index (χ1v) is 15.1. The number of hydrogen-bond donors (Lipinski definition) is 3. The summed E-state index contributed by atoms with van der Waals surface area (Å²) in [5, 5.41) is 9.51. The molecule has 2 aromatic heterocycles. The minimum absolute atomic E-state index is 0.0610. The van der Waals surface area contributed by atoms with Gasteiger partial charge in [-0.05, 0) is 48.4 Å². The number of aliphatic hydroxyl groups excluding tert-OH is 1. The van der Waals surface area contributed by atoms with Crippen molar-refractivity contribution < 1.29 is 18.3 Å². The number of nitrogens with zero attached hydrogens (tertiary/aromatic N) is 4. The largest absolute Gasteiger partial charge is 0.491 e. The van der Waals surface area contributed by atoms with E-state index >= 15 is 0 Å². The molecule has 11 heteroatoms. The smallest absolute Gasteiger partial charge is 0.244 e. The first-order chi connectivity index (χ1) is 18.9. The molecule has 214 valence electrons. The molecule has 0 fully saturated rings. The lowest BCUT2D eigenvalue weighted by Crippen LogP contribution is -2.36. The lowest BCUT2D eigenvalue weighted by atomic mass is 9.76. The molecule has 0 radical (unpaired) electrons. The normalized spacial score (nSPS) is 17.0. The van der Waals surface area contributed by atoms with E-state index in [4.69, 9.17) is 15.5 Å². The van der Waals surface area contributed by atoms with Gasteiger partial charge in [-0.3, -0.25) is 0 Å². The number of nitrogens with two attached hydrogens (primary N) is 1. The fraction of sp³-hybridized carbons (Fsp3) is 0.483. The molecule has 2 aliphatic rings. The van der Waals surface area contributed by atoms with Crippen LogP contribution in [0.3, 0.4) is 0 Å². The van der Waals surface area contributed by atoms with Crippen molar-refractivity contribution in [1.29, 1.82) is 0 Å². The highest BCUT2D eigenvalue weighted by Crippen LogP contribution is 2.39. The first kappa shape index (κ1) is 28.3. The number of fused-ring (bicyclic) bond motifs is 2. The monoisotopic (exact) mass is 566 g/mol. The van der Waals surface area contributed by atoms with Crippen molar-refractivity contribution in [3.05, 3.63) is 53.6 Å². The number of anilines is 2. The number of benzene rings is 1. The summed E-state index contributed by atoms with van der Waals surface area (Å²) in [6.07, 6.45) is 6.22. The molecule has 0 atom stereocenters. The van der Waals surface area contributed by atoms with Crippen molar-refractivity contribution in [2.75, 3.05) is 36.9 Å². The Morgan fingerprint density at radius 3 is 2.75 bits per heavy atom. The fourth-order valence-corrected chi connectivity index (χ4v) is 6.48. The zero-order valence-corrected chi connectivity index (χ0v) is 24.4. The van der Waals surface area contributed by atoms with Crippen molar-refractivity contribution >= 4 is 21.7 Å². The van der Waals surface area contributed by atoms with Crippen LogP contribution in [-0.4, -0.2) is 54.8 Å². The van der Waals surface area contributed by atoms with E-state index in [1.165, 1.54) is 11.6 Å². The van der Waals surface area contributed by atoms with Gasteiger partial charge in [0.2, 0.25) is 10.0 Å². The SMILES string of the molecule is CC(C)(CO)CNS(=O)(=O)c1cc(-c2ccc3c(c2)CN(c2ncnc4c2CC(C)(C)CC4)CCO3)cnc1N. The average molecular weight is 567 g/mol. The van der Waals surface area contributed by atoms with Crippen LogP contribution in [0.2, 0.25) is 0 Å². The summed E-state index contributed by atoms with van der Waals surface area (Å²) in [7, 11) is -3.95. The Morgan fingerprint density at radius 1 is 1.18 bits per heavy atom. The molecule has 0 spiro atoms.